The van der Waals surface area contributed by atoms with E-state index in [9.17, 15) is 13.6 Å². The Morgan fingerprint density at radius 3 is 2.53 bits per heavy atom. The van der Waals surface area contributed by atoms with Crippen molar-refractivity contribution < 1.29 is 22.7 Å². The molecule has 3 aromatic rings. The van der Waals surface area contributed by atoms with E-state index in [1.807, 2.05) is 24.3 Å². The lowest BCUT2D eigenvalue weighted by atomic mass is 10.2. The van der Waals surface area contributed by atoms with Gasteiger partial charge in [-0.3, -0.25) is 4.79 Å². The number of rotatable bonds is 6. The number of amides is 1. The van der Waals surface area contributed by atoms with Gasteiger partial charge in [-0.15, -0.1) is 0 Å². The number of aryl methyl sites for hydroxylation is 1. The van der Waals surface area contributed by atoms with Crippen molar-refractivity contribution in [1.29, 1.82) is 0 Å². The molecule has 0 spiro atoms. The molecule has 2 atom stereocenters. The van der Waals surface area contributed by atoms with Gasteiger partial charge in [0.2, 0.25) is 5.91 Å². The zero-order valence-corrected chi connectivity index (χ0v) is 18.0. The smallest absolute Gasteiger partial charge is 0.224 e. The molecule has 1 saturated heterocycles. The SMILES string of the molecule is CC1CN(c2ccc(NC(=O)CCc3ncc(-c4ccc(F)cc4F)o3)cc2)CC(C)O1. The van der Waals surface area contributed by atoms with Crippen molar-refractivity contribution in [3.8, 4) is 11.3 Å². The van der Waals surface area contributed by atoms with Gasteiger partial charge in [0, 0.05) is 43.4 Å². The van der Waals surface area contributed by atoms with Gasteiger partial charge in [-0.25, -0.2) is 13.8 Å². The van der Waals surface area contributed by atoms with Gasteiger partial charge in [0.1, 0.15) is 11.6 Å². The number of morpholine rings is 1. The summed E-state index contributed by atoms with van der Waals surface area (Å²) < 4.78 is 38.2. The maximum absolute atomic E-state index is 13.9. The van der Waals surface area contributed by atoms with Crippen LogP contribution in [0.3, 0.4) is 0 Å². The van der Waals surface area contributed by atoms with Crippen molar-refractivity contribution in [3.05, 3.63) is 66.2 Å². The van der Waals surface area contributed by atoms with Gasteiger partial charge >= 0.3 is 0 Å². The maximum atomic E-state index is 13.9. The van der Waals surface area contributed by atoms with E-state index in [-0.39, 0.29) is 42.3 Å². The van der Waals surface area contributed by atoms with E-state index >= 15 is 0 Å². The minimum atomic E-state index is -0.727. The number of halogens is 2. The molecule has 2 unspecified atom stereocenters. The van der Waals surface area contributed by atoms with Crippen LogP contribution in [0.5, 0.6) is 0 Å². The van der Waals surface area contributed by atoms with E-state index in [4.69, 9.17) is 9.15 Å². The van der Waals surface area contributed by atoms with Crippen molar-refractivity contribution in [2.75, 3.05) is 23.3 Å². The first kappa shape index (κ1) is 22.0. The number of hydrogen-bond donors (Lipinski definition) is 1. The predicted molar refractivity (Wildman–Crippen MR) is 117 cm³/mol. The molecule has 6 nitrogen and oxygen atoms in total. The fraction of sp³-hybridized carbons (Fsp3) is 0.333. The summed E-state index contributed by atoms with van der Waals surface area (Å²) in [6, 6.07) is 11.0. The van der Waals surface area contributed by atoms with Gasteiger partial charge in [-0.05, 0) is 50.2 Å². The van der Waals surface area contributed by atoms with Crippen LogP contribution in [0.2, 0.25) is 0 Å². The first-order valence-corrected chi connectivity index (χ1v) is 10.6. The molecule has 0 bridgehead atoms. The Morgan fingerprint density at radius 2 is 1.84 bits per heavy atom. The zero-order valence-electron chi connectivity index (χ0n) is 18.0. The number of carbonyl (C=O) groups is 1. The molecule has 2 heterocycles. The molecule has 1 fully saturated rings. The summed E-state index contributed by atoms with van der Waals surface area (Å²) in [7, 11) is 0. The van der Waals surface area contributed by atoms with Crippen molar-refractivity contribution in [2.24, 2.45) is 0 Å². The number of ether oxygens (including phenoxy) is 1. The number of nitrogens with zero attached hydrogens (tertiary/aromatic N) is 2. The Hall–Kier alpha value is -3.26. The molecule has 0 radical (unpaired) electrons. The van der Waals surface area contributed by atoms with E-state index in [2.05, 4.69) is 29.0 Å². The van der Waals surface area contributed by atoms with Gasteiger partial charge in [-0.1, -0.05) is 0 Å². The number of oxazole rings is 1. The molecule has 1 aromatic heterocycles. The van der Waals surface area contributed by atoms with E-state index < -0.39 is 11.6 Å². The van der Waals surface area contributed by atoms with Crippen molar-refractivity contribution in [3.63, 3.8) is 0 Å². The Balaban J connectivity index is 1.30. The third-order valence-electron chi connectivity index (χ3n) is 5.25. The average Bonchev–Trinajstić information content (AvgIpc) is 3.21. The molecule has 1 aliphatic heterocycles. The number of anilines is 2. The molecule has 1 amide bonds. The quantitative estimate of drug-likeness (QED) is 0.595. The average molecular weight is 441 g/mol. The molecular weight excluding hydrogens is 416 g/mol. The van der Waals surface area contributed by atoms with Crippen LogP contribution in [-0.2, 0) is 16.0 Å². The normalized spacial score (nSPS) is 18.6. The fourth-order valence-electron chi connectivity index (χ4n) is 3.83. The van der Waals surface area contributed by atoms with Crippen LogP contribution >= 0.6 is 0 Å². The molecule has 0 saturated carbocycles. The minimum Gasteiger partial charge on any atom is -0.441 e. The summed E-state index contributed by atoms with van der Waals surface area (Å²) in [5.74, 6) is -1.07. The lowest BCUT2D eigenvalue weighted by Crippen LogP contribution is -2.45. The van der Waals surface area contributed by atoms with Crippen LogP contribution in [0.25, 0.3) is 11.3 Å². The highest BCUT2D eigenvalue weighted by molar-refractivity contribution is 5.91. The summed E-state index contributed by atoms with van der Waals surface area (Å²) in [6.45, 7) is 5.78. The number of benzene rings is 2. The van der Waals surface area contributed by atoms with Crippen molar-refractivity contribution in [2.45, 2.75) is 38.9 Å². The molecule has 8 heteroatoms. The van der Waals surface area contributed by atoms with Crippen LogP contribution in [0.15, 0.2) is 53.1 Å². The summed E-state index contributed by atoms with van der Waals surface area (Å²) in [5.41, 5.74) is 1.92. The summed E-state index contributed by atoms with van der Waals surface area (Å²) in [4.78, 5) is 18.7. The number of carbonyl (C=O) groups excluding carboxylic acids is 1. The molecule has 168 valence electrons. The minimum absolute atomic E-state index is 0.124. The van der Waals surface area contributed by atoms with E-state index in [0.717, 1.165) is 30.9 Å². The van der Waals surface area contributed by atoms with E-state index in [1.54, 1.807) is 0 Å². The topological polar surface area (TPSA) is 67.6 Å². The zero-order chi connectivity index (χ0) is 22.7. The molecule has 1 aliphatic rings. The highest BCUT2D eigenvalue weighted by Gasteiger charge is 2.22. The van der Waals surface area contributed by atoms with Gasteiger partial charge in [0.05, 0.1) is 24.0 Å². The van der Waals surface area contributed by atoms with Crippen molar-refractivity contribution in [1.82, 2.24) is 4.98 Å². The number of nitrogens with one attached hydrogen (secondary N) is 1. The molecule has 4 rings (SSSR count). The second-order valence-electron chi connectivity index (χ2n) is 8.00. The van der Waals surface area contributed by atoms with Crippen LogP contribution in [0, 0.1) is 11.6 Å². The lowest BCUT2D eigenvalue weighted by molar-refractivity contribution is -0.116. The van der Waals surface area contributed by atoms with Gasteiger partial charge < -0.3 is 19.4 Å². The molecule has 1 N–H and O–H groups in total. The predicted octanol–water partition coefficient (Wildman–Crippen LogP) is 4.80. The molecular formula is C24H25F2N3O3. The Morgan fingerprint density at radius 1 is 1.12 bits per heavy atom. The van der Waals surface area contributed by atoms with Gasteiger partial charge in [0.15, 0.2) is 11.7 Å². The summed E-state index contributed by atoms with van der Waals surface area (Å²) in [6.07, 6.45) is 2.14. The summed E-state index contributed by atoms with van der Waals surface area (Å²) in [5, 5.41) is 2.86. The summed E-state index contributed by atoms with van der Waals surface area (Å²) >= 11 is 0. The monoisotopic (exact) mass is 441 g/mol. The van der Waals surface area contributed by atoms with Crippen LogP contribution in [-0.4, -0.2) is 36.2 Å². The fourth-order valence-corrected chi connectivity index (χ4v) is 3.83. The number of aromatic nitrogens is 1. The van der Waals surface area contributed by atoms with E-state index in [1.165, 1.54) is 12.3 Å². The van der Waals surface area contributed by atoms with E-state index in [0.29, 0.717) is 11.6 Å². The first-order chi connectivity index (χ1) is 15.4. The lowest BCUT2D eigenvalue weighted by Gasteiger charge is -2.36. The van der Waals surface area contributed by atoms with Crippen LogP contribution in [0.4, 0.5) is 20.2 Å². The Bertz CT molecular complexity index is 1070. The van der Waals surface area contributed by atoms with Crippen molar-refractivity contribution >= 4 is 17.3 Å². The highest BCUT2D eigenvalue weighted by Crippen LogP contribution is 2.25. The van der Waals surface area contributed by atoms with Gasteiger partial charge in [0.25, 0.3) is 0 Å². The third kappa shape index (κ3) is 5.31. The standard InChI is InChI=1S/C24H25F2N3O3/c1-15-13-29(14-16(2)31-15)19-6-4-18(5-7-19)28-23(30)9-10-24-27-12-22(32-24)20-8-3-17(25)11-21(20)26/h3-8,11-12,15-16H,9-10,13-14H2,1-2H3,(H,28,30). The Kier molecular flexibility index (Phi) is 6.50. The van der Waals surface area contributed by atoms with Crippen LogP contribution in [0.1, 0.15) is 26.2 Å². The maximum Gasteiger partial charge on any atom is 0.224 e. The Labute approximate surface area is 185 Å². The second-order valence-corrected chi connectivity index (χ2v) is 8.00. The molecule has 2 aromatic carbocycles. The largest absolute Gasteiger partial charge is 0.441 e. The number of hydrogen-bond acceptors (Lipinski definition) is 5. The van der Waals surface area contributed by atoms with Gasteiger partial charge in [-0.2, -0.15) is 0 Å². The third-order valence-corrected chi connectivity index (χ3v) is 5.25. The second kappa shape index (κ2) is 9.48. The van der Waals surface area contributed by atoms with Crippen LogP contribution < -0.4 is 10.2 Å². The first-order valence-electron chi connectivity index (χ1n) is 10.6. The molecule has 0 aliphatic carbocycles. The highest BCUT2D eigenvalue weighted by atomic mass is 19.1. The molecule has 32 heavy (non-hydrogen) atoms.